The molecule has 0 spiro atoms. The van der Waals surface area contributed by atoms with Gasteiger partial charge in [0.25, 0.3) is 47.9 Å². The lowest BCUT2D eigenvalue weighted by Crippen LogP contribution is -2.29. The zero-order chi connectivity index (χ0) is 95.1. The van der Waals surface area contributed by atoms with Gasteiger partial charge in [-0.05, 0) is 137 Å². The van der Waals surface area contributed by atoms with Crippen molar-refractivity contribution >= 4 is 189 Å². The molecule has 0 unspecified atom stereocenters. The summed E-state index contributed by atoms with van der Waals surface area (Å²) in [5, 5.41) is 25.9. The summed E-state index contributed by atoms with van der Waals surface area (Å²) in [5.74, 6) is -4.32. The van der Waals surface area contributed by atoms with Crippen LogP contribution in [0.15, 0.2) is 257 Å². The van der Waals surface area contributed by atoms with Gasteiger partial charge in [0.15, 0.2) is 33.4 Å². The minimum absolute atomic E-state index is 0.00826. The molecule has 14 aromatic rings. The van der Waals surface area contributed by atoms with Crippen molar-refractivity contribution in [2.24, 2.45) is 14.1 Å². The van der Waals surface area contributed by atoms with Crippen LogP contribution in [0.3, 0.4) is 0 Å². The molecule has 0 bridgehead atoms. The fourth-order valence-corrected chi connectivity index (χ4v) is 17.9. The number of aromatic carboxylic acids is 1. The van der Waals surface area contributed by atoms with Crippen LogP contribution < -0.4 is 42.4 Å². The first-order chi connectivity index (χ1) is 62.7. The Kier molecular flexibility index (Phi) is 28.0. The predicted molar refractivity (Wildman–Crippen MR) is 471 cm³/mol. The molecule has 2 aliphatic carbocycles. The maximum Gasteiger partial charge on any atom is 0.425 e. The molecular weight excluding hydrogens is 1880 g/mol. The molecule has 0 amide bonds. The smallest absolute Gasteiger partial charge is 0.425 e. The van der Waals surface area contributed by atoms with Crippen LogP contribution in [0.4, 0.5) is 46.3 Å². The molecule has 670 valence electrons. The van der Waals surface area contributed by atoms with Gasteiger partial charge in [-0.1, -0.05) is 115 Å². The number of benzene rings is 10. The number of carbonyl (C=O) groups is 6. The van der Waals surface area contributed by atoms with Crippen molar-refractivity contribution in [3.05, 3.63) is 294 Å². The van der Waals surface area contributed by atoms with E-state index in [0.29, 0.717) is 21.4 Å². The van der Waals surface area contributed by atoms with Crippen molar-refractivity contribution in [1.82, 2.24) is 39.0 Å². The Bertz CT molecular complexity index is 8060. The molecule has 0 atom stereocenters. The Labute approximate surface area is 756 Å². The lowest BCUT2D eigenvalue weighted by atomic mass is 9.80. The van der Waals surface area contributed by atoms with Crippen LogP contribution in [0.25, 0.3) is 44.1 Å². The Balaban J connectivity index is 0.00000116. The summed E-state index contributed by atoms with van der Waals surface area (Å²) in [7, 11) is -21.5. The second kappa shape index (κ2) is 39.2. The number of aromatic nitrogens is 8. The van der Waals surface area contributed by atoms with Gasteiger partial charge in [0, 0.05) is 94.0 Å². The normalized spacial score (nSPS) is 11.6. The number of hydrogen-bond acceptors (Lipinski definition) is 37. The van der Waals surface area contributed by atoms with E-state index in [-0.39, 0.29) is 170 Å². The molecule has 4 heterocycles. The summed E-state index contributed by atoms with van der Waals surface area (Å²) in [6.07, 6.45) is -0.424. The quantitative estimate of drug-likeness (QED) is 0.0100. The number of nitrogens with zero attached hydrogens (tertiary/aromatic N) is 8. The van der Waals surface area contributed by atoms with Crippen molar-refractivity contribution in [2.75, 3.05) is 39.7 Å². The zero-order valence-corrected chi connectivity index (χ0v) is 73.4. The van der Waals surface area contributed by atoms with E-state index in [4.69, 9.17) is 47.6 Å². The average Bonchev–Trinajstić information content (AvgIpc) is 0.709. The average molecular weight is 1940 g/mol. The summed E-state index contributed by atoms with van der Waals surface area (Å²) < 4.78 is 193. The van der Waals surface area contributed by atoms with E-state index < -0.39 is 129 Å². The standard InChI is InChI=1S/C83H57N13O19S5.3O3S/c1-95-56-31-29-53(66-68(56)64(48-19-6-8-21-50(48)74(66)100)70(76(95)102)72(98)42-15-4-3-5-16-42)86-45-27-33-61(119(109,110)111)44(37-45)39-63-89-79(92-82(90-63)117-60-26-13-11-24-58(60)115-41-97)84-35-36-85-80-91-81(94-83(93-80)116-59-25-12-10-23-52(59)78(104)105)87-46-28-34-62(120(112,113)114)55(40-46)88-54-30-32-57-69-65(49-20-7-9-22-51(49)75(101)67(54)69)71(77(103)96(57)2)73(99)43-17-14-18-47(38-43)118(106,107)108;3*1-4(2)3/h3-34,37-38,40-41,86,88H,35-36,39H2,1-2H3,(H,104,105)(H,106,107,108)(H,109,110,111)(H,112,113,114)(H,84,89,90,92)(H2,85,87,91,93,94);;;. The van der Waals surface area contributed by atoms with Crippen molar-refractivity contribution in [1.29, 1.82) is 0 Å². The fraction of sp³-hybridized carbons (Fsp3) is 0.0602. The Hall–Kier alpha value is -15.5. The van der Waals surface area contributed by atoms with Crippen LogP contribution in [0.5, 0.6) is 5.75 Å². The Morgan fingerprint density at radius 1 is 0.439 bits per heavy atom. The van der Waals surface area contributed by atoms with E-state index in [1.54, 1.807) is 103 Å². The minimum atomic E-state index is -5.13. The molecule has 4 aromatic heterocycles. The molecule has 41 nitrogen and oxygen atoms in total. The second-order valence-corrected chi connectivity index (χ2v) is 35.0. The van der Waals surface area contributed by atoms with Crippen molar-refractivity contribution in [3.8, 4) is 28.0 Å². The van der Waals surface area contributed by atoms with E-state index in [2.05, 4.69) is 51.5 Å². The molecule has 49 heteroatoms. The number of carboxylic acids is 1. The maximum atomic E-state index is 15.0. The lowest BCUT2D eigenvalue weighted by Gasteiger charge is -2.26. The summed E-state index contributed by atoms with van der Waals surface area (Å²) in [6, 6.07) is 51.2. The van der Waals surface area contributed by atoms with Gasteiger partial charge in [0.2, 0.25) is 17.8 Å². The third kappa shape index (κ3) is 20.8. The molecule has 10 aromatic carbocycles. The molecule has 132 heavy (non-hydrogen) atoms. The molecule has 0 aliphatic heterocycles. The summed E-state index contributed by atoms with van der Waals surface area (Å²) >= 11 is 1.78. The number of rotatable bonds is 27. The SMILES string of the molecule is Cn1c(=O)c(C(=O)c2ccccc2)c2c3c(c(Nc4ccc(S(=O)(=O)O)c(Cc5nc(NCCNc6nc(Nc7ccc(S(=O)(=O)O)c(Nc8ccc9c%10c8C(=O)c8ccccc8-c%10c(C(=O)c8cccc(S(=O)(=O)O)c8)c(=O)n9C)c7)nc(Sc7ccccc7C(=O)O)n6)nc(Sc6ccccc6OC=O)n5)c4)ccc31)C(=O)c1ccccc1-2.O=S(=O)=O.O=S(=O)=O.O=S(=O)=O. The molecule has 16 rings (SSSR count). The van der Waals surface area contributed by atoms with Gasteiger partial charge in [-0.3, -0.25) is 47.2 Å². The van der Waals surface area contributed by atoms with E-state index in [1.807, 2.05) is 0 Å². The molecule has 0 saturated heterocycles. The summed E-state index contributed by atoms with van der Waals surface area (Å²) in [6.45, 7) is 0.0847. The molecule has 0 saturated carbocycles. The van der Waals surface area contributed by atoms with Crippen LogP contribution in [0, 0.1) is 0 Å². The molecule has 0 radical (unpaired) electrons. The Morgan fingerprint density at radius 2 is 0.894 bits per heavy atom. The van der Waals surface area contributed by atoms with E-state index in [1.165, 1.54) is 104 Å². The second-order valence-electron chi connectivity index (χ2n) is 27.6. The number of hydrogen-bond donors (Lipinski definition) is 9. The third-order valence-corrected chi connectivity index (χ3v) is 24.2. The number of carbonyl (C=O) groups excluding carboxylic acids is 5. The van der Waals surface area contributed by atoms with Gasteiger partial charge < -0.3 is 45.6 Å². The van der Waals surface area contributed by atoms with Crippen LogP contribution in [0.2, 0.25) is 0 Å². The zero-order valence-electron chi connectivity index (χ0n) is 66.8. The number of ketones is 4. The first-order valence-electron chi connectivity index (χ1n) is 37.3. The van der Waals surface area contributed by atoms with Gasteiger partial charge in [0.05, 0.1) is 70.6 Å². The van der Waals surface area contributed by atoms with Crippen molar-refractivity contribution in [2.45, 2.75) is 41.2 Å². The van der Waals surface area contributed by atoms with E-state index in [0.717, 1.165) is 52.4 Å². The van der Waals surface area contributed by atoms with Crippen LogP contribution in [-0.2, 0) is 87.5 Å². The highest BCUT2D eigenvalue weighted by Gasteiger charge is 2.38. The van der Waals surface area contributed by atoms with E-state index >= 15 is 0 Å². The van der Waals surface area contributed by atoms with Crippen molar-refractivity contribution < 1.29 is 115 Å². The highest BCUT2D eigenvalue weighted by Crippen LogP contribution is 2.48. The maximum absolute atomic E-state index is 15.0. The minimum Gasteiger partial charge on any atom is -0.478 e. The third-order valence-electron chi connectivity index (χ3n) is 19.6. The van der Waals surface area contributed by atoms with E-state index in [9.17, 15) is 82.4 Å². The van der Waals surface area contributed by atoms with Gasteiger partial charge >= 0.3 is 37.8 Å². The fourth-order valence-electron chi connectivity index (χ4n) is 14.3. The first kappa shape index (κ1) is 94.2. The van der Waals surface area contributed by atoms with Gasteiger partial charge in [-0.15, -0.1) is 37.9 Å². The van der Waals surface area contributed by atoms with Gasteiger partial charge in [-0.25, -0.2) is 9.78 Å². The topological polar surface area (TPSA) is 630 Å². The van der Waals surface area contributed by atoms with Crippen LogP contribution in [0.1, 0.15) is 85.4 Å². The molecular formula is C83H57N13O28S8. The van der Waals surface area contributed by atoms with Gasteiger partial charge in [0.1, 0.15) is 16.5 Å². The highest BCUT2D eigenvalue weighted by molar-refractivity contribution is 7.99. The highest BCUT2D eigenvalue weighted by atomic mass is 32.2. The van der Waals surface area contributed by atoms with Crippen LogP contribution in [-0.4, -0.2) is 170 Å². The number of anilines is 8. The molecule has 9 N–H and O–H groups in total. The number of ether oxygens (including phenoxy) is 1. The predicted octanol–water partition coefficient (Wildman–Crippen LogP) is 9.25. The largest absolute Gasteiger partial charge is 0.478 e. The monoisotopic (exact) mass is 1940 g/mol. The molecule has 0 fully saturated rings. The van der Waals surface area contributed by atoms with Crippen molar-refractivity contribution in [3.63, 3.8) is 0 Å². The number of para-hydroxylation sites is 1. The number of carboxylic acid groups (broad SMARTS) is 1. The summed E-state index contributed by atoms with van der Waals surface area (Å²) in [5.41, 5.74) is -0.905. The first-order valence-corrected chi connectivity index (χ1v) is 46.2. The lowest BCUT2D eigenvalue weighted by molar-refractivity contribution is -0.120. The summed E-state index contributed by atoms with van der Waals surface area (Å²) in [4.78, 5) is 139. The number of pyridine rings is 2. The number of nitrogens with one attached hydrogen (secondary N) is 5. The van der Waals surface area contributed by atoms with Gasteiger partial charge in [-0.2, -0.15) is 50.2 Å². The van der Waals surface area contributed by atoms with Crippen LogP contribution >= 0.6 is 23.5 Å². The Morgan fingerprint density at radius 3 is 1.43 bits per heavy atom. The number of aryl methyl sites for hydroxylation is 2. The molecule has 2 aliphatic rings. The number of fused-ring (bicyclic) bond motifs is 4.